The number of nitrogens with one attached hydrogen (secondary N) is 1. The third kappa shape index (κ3) is 4.45. The number of rotatable bonds is 5. The Bertz CT molecular complexity index is 905. The van der Waals surface area contributed by atoms with Gasteiger partial charge < -0.3 is 9.80 Å². The molecule has 1 aliphatic heterocycles. The van der Waals surface area contributed by atoms with Crippen molar-refractivity contribution in [1.29, 1.82) is 0 Å². The summed E-state index contributed by atoms with van der Waals surface area (Å²) in [4.78, 5) is 20.9. The second-order valence-electron chi connectivity index (χ2n) is 6.53. The van der Waals surface area contributed by atoms with Crippen molar-refractivity contribution in [2.75, 3.05) is 38.1 Å². The zero-order valence-corrected chi connectivity index (χ0v) is 16.4. The van der Waals surface area contributed by atoms with Gasteiger partial charge in [0.05, 0.1) is 6.42 Å². The third-order valence-electron chi connectivity index (χ3n) is 4.86. The van der Waals surface area contributed by atoms with Gasteiger partial charge in [0.25, 0.3) is 0 Å². The van der Waals surface area contributed by atoms with E-state index in [0.29, 0.717) is 32.6 Å². The van der Waals surface area contributed by atoms with Gasteiger partial charge in [-0.1, -0.05) is 24.3 Å². The number of pyridine rings is 1. The number of piperazine rings is 1. The van der Waals surface area contributed by atoms with Crippen LogP contribution in [0, 0.1) is 6.92 Å². The largest absolute Gasteiger partial charge is 0.353 e. The average Bonchev–Trinajstić information content (AvgIpc) is 2.70. The Morgan fingerprint density at radius 2 is 1.81 bits per heavy atom. The minimum atomic E-state index is -3.48. The summed E-state index contributed by atoms with van der Waals surface area (Å²) in [5.74, 6) is 0.850. The van der Waals surface area contributed by atoms with E-state index in [1.807, 2.05) is 36.1 Å². The molecule has 144 valence electrons. The third-order valence-corrected chi connectivity index (χ3v) is 6.26. The number of nitrogens with zero attached hydrogens (tertiary/aromatic N) is 3. The Hall–Kier alpha value is -2.45. The number of aromatic nitrogens is 1. The van der Waals surface area contributed by atoms with Crippen molar-refractivity contribution in [3.63, 3.8) is 0 Å². The average molecular weight is 388 g/mol. The van der Waals surface area contributed by atoms with Crippen LogP contribution in [0.5, 0.6) is 0 Å². The summed E-state index contributed by atoms with van der Waals surface area (Å²) in [5, 5.41) is 0. The van der Waals surface area contributed by atoms with Crippen LogP contribution in [0.1, 0.15) is 11.1 Å². The predicted octanol–water partition coefficient (Wildman–Crippen LogP) is 1.19. The lowest BCUT2D eigenvalue weighted by Gasteiger charge is -2.35. The van der Waals surface area contributed by atoms with Gasteiger partial charge in [-0.25, -0.2) is 18.1 Å². The fourth-order valence-corrected chi connectivity index (χ4v) is 3.78. The molecule has 2 heterocycles. The summed E-state index contributed by atoms with van der Waals surface area (Å²) in [6.45, 7) is 4.62. The molecule has 0 unspecified atom stereocenters. The number of hydrogen-bond donors (Lipinski definition) is 1. The first-order valence-corrected chi connectivity index (χ1v) is 10.4. The predicted molar refractivity (Wildman–Crippen MR) is 104 cm³/mol. The molecule has 1 saturated heterocycles. The van der Waals surface area contributed by atoms with Crippen LogP contribution >= 0.6 is 0 Å². The van der Waals surface area contributed by atoms with Crippen LogP contribution in [-0.4, -0.2) is 57.4 Å². The second kappa shape index (κ2) is 8.06. The molecule has 7 nitrogen and oxygen atoms in total. The molecule has 0 bridgehead atoms. The van der Waals surface area contributed by atoms with Crippen LogP contribution in [0.4, 0.5) is 5.82 Å². The van der Waals surface area contributed by atoms with E-state index in [1.165, 1.54) is 13.2 Å². The summed E-state index contributed by atoms with van der Waals surface area (Å²) in [7, 11) is -2.11. The van der Waals surface area contributed by atoms with Crippen LogP contribution in [0.25, 0.3) is 0 Å². The first kappa shape index (κ1) is 19.3. The van der Waals surface area contributed by atoms with E-state index in [0.717, 1.165) is 16.9 Å². The second-order valence-corrected chi connectivity index (χ2v) is 8.42. The zero-order chi connectivity index (χ0) is 19.4. The smallest absolute Gasteiger partial charge is 0.241 e. The highest BCUT2D eigenvalue weighted by Gasteiger charge is 2.22. The summed E-state index contributed by atoms with van der Waals surface area (Å²) < 4.78 is 25.8. The minimum absolute atomic E-state index is 0.132. The summed E-state index contributed by atoms with van der Waals surface area (Å²) >= 11 is 0. The number of sulfonamides is 1. The van der Waals surface area contributed by atoms with E-state index in [1.54, 1.807) is 12.1 Å². The molecule has 0 saturated carbocycles. The maximum Gasteiger partial charge on any atom is 0.241 e. The number of benzene rings is 1. The van der Waals surface area contributed by atoms with Crippen LogP contribution in [0.3, 0.4) is 0 Å². The summed E-state index contributed by atoms with van der Waals surface area (Å²) in [6.07, 6.45) is 1.78. The van der Waals surface area contributed by atoms with Crippen molar-refractivity contribution in [2.24, 2.45) is 0 Å². The fourth-order valence-electron chi connectivity index (χ4n) is 3.10. The van der Waals surface area contributed by atoms with Crippen molar-refractivity contribution in [1.82, 2.24) is 14.6 Å². The van der Waals surface area contributed by atoms with Gasteiger partial charge in [0.2, 0.25) is 15.9 Å². The lowest BCUT2D eigenvalue weighted by Crippen LogP contribution is -2.49. The van der Waals surface area contributed by atoms with Gasteiger partial charge in [-0.05, 0) is 37.2 Å². The number of carbonyl (C=O) groups is 1. The zero-order valence-electron chi connectivity index (χ0n) is 15.6. The highest BCUT2D eigenvalue weighted by molar-refractivity contribution is 7.89. The van der Waals surface area contributed by atoms with Gasteiger partial charge in [0, 0.05) is 32.4 Å². The molecule has 27 heavy (non-hydrogen) atoms. The molecule has 0 spiro atoms. The number of amides is 1. The van der Waals surface area contributed by atoms with Crippen LogP contribution < -0.4 is 9.62 Å². The molecule has 1 aromatic heterocycles. The van der Waals surface area contributed by atoms with E-state index in [9.17, 15) is 13.2 Å². The van der Waals surface area contributed by atoms with Crippen molar-refractivity contribution in [2.45, 2.75) is 18.2 Å². The molecule has 1 aromatic carbocycles. The molecule has 1 amide bonds. The van der Waals surface area contributed by atoms with Gasteiger partial charge in [-0.15, -0.1) is 0 Å². The number of aryl methyl sites for hydroxylation is 1. The molecular weight excluding hydrogens is 364 g/mol. The lowest BCUT2D eigenvalue weighted by molar-refractivity contribution is -0.130. The van der Waals surface area contributed by atoms with E-state index >= 15 is 0 Å². The normalized spacial score (nSPS) is 15.0. The Morgan fingerprint density at radius 3 is 2.41 bits per heavy atom. The van der Waals surface area contributed by atoms with Gasteiger partial charge in [0.15, 0.2) is 0 Å². The van der Waals surface area contributed by atoms with E-state index < -0.39 is 10.0 Å². The molecule has 0 aliphatic carbocycles. The topological polar surface area (TPSA) is 82.6 Å². The number of hydrogen-bond acceptors (Lipinski definition) is 5. The van der Waals surface area contributed by atoms with Gasteiger partial charge in [-0.2, -0.15) is 0 Å². The Balaban J connectivity index is 1.59. The van der Waals surface area contributed by atoms with Crippen LogP contribution in [0.2, 0.25) is 0 Å². The molecule has 8 heteroatoms. The van der Waals surface area contributed by atoms with Gasteiger partial charge in [0.1, 0.15) is 10.7 Å². The van der Waals surface area contributed by atoms with E-state index in [-0.39, 0.29) is 10.8 Å². The number of carbonyl (C=O) groups excluding carboxylic acids is 1. The first-order valence-electron chi connectivity index (χ1n) is 8.87. The quantitative estimate of drug-likeness (QED) is 0.832. The molecule has 0 radical (unpaired) electrons. The Labute approximate surface area is 160 Å². The summed E-state index contributed by atoms with van der Waals surface area (Å²) in [5.41, 5.74) is 2.19. The van der Waals surface area contributed by atoms with Gasteiger partial charge >= 0.3 is 0 Å². The SMILES string of the molecule is CNS(=O)(=O)c1ccc(N2CCN(C(=O)Cc3ccccc3C)CC2)nc1. The first-order chi connectivity index (χ1) is 12.9. The molecule has 1 fully saturated rings. The lowest BCUT2D eigenvalue weighted by atomic mass is 10.1. The van der Waals surface area contributed by atoms with Crippen molar-refractivity contribution in [3.8, 4) is 0 Å². The molecule has 3 rings (SSSR count). The highest BCUT2D eigenvalue weighted by atomic mass is 32.2. The maximum absolute atomic E-state index is 12.6. The van der Waals surface area contributed by atoms with Gasteiger partial charge in [-0.3, -0.25) is 4.79 Å². The van der Waals surface area contributed by atoms with E-state index in [4.69, 9.17) is 0 Å². The van der Waals surface area contributed by atoms with Crippen molar-refractivity contribution < 1.29 is 13.2 Å². The Morgan fingerprint density at radius 1 is 1.11 bits per heavy atom. The molecular formula is C19H24N4O3S. The number of anilines is 1. The Kier molecular flexibility index (Phi) is 5.76. The molecule has 1 N–H and O–H groups in total. The highest BCUT2D eigenvalue weighted by Crippen LogP contribution is 2.17. The van der Waals surface area contributed by atoms with E-state index in [2.05, 4.69) is 14.6 Å². The summed E-state index contributed by atoms with van der Waals surface area (Å²) in [6, 6.07) is 11.2. The molecule has 0 atom stereocenters. The van der Waals surface area contributed by atoms with Crippen molar-refractivity contribution >= 4 is 21.7 Å². The minimum Gasteiger partial charge on any atom is -0.353 e. The molecule has 1 aliphatic rings. The van der Waals surface area contributed by atoms with Crippen molar-refractivity contribution in [3.05, 3.63) is 53.7 Å². The fraction of sp³-hybridized carbons (Fsp3) is 0.368. The van der Waals surface area contributed by atoms with Crippen LogP contribution in [-0.2, 0) is 21.2 Å². The van der Waals surface area contributed by atoms with Crippen LogP contribution in [0.15, 0.2) is 47.5 Å². The maximum atomic E-state index is 12.6. The standard InChI is InChI=1S/C19H24N4O3S/c1-15-5-3-4-6-16(15)13-19(24)23-11-9-22(10-12-23)18-8-7-17(14-21-18)27(25,26)20-2/h3-8,14,20H,9-13H2,1-2H3. The molecule has 2 aromatic rings. The monoisotopic (exact) mass is 388 g/mol.